The standard InChI is InChI=1S/C17H21FN2O/c1-13(10-19)20-11-14-5-4-7-16(9-14)21-12-15-6-2-3-8-17(15)18/h2-9,13,20H,10-12,19H2,1H3. The second-order valence-electron chi connectivity index (χ2n) is 5.05. The minimum Gasteiger partial charge on any atom is -0.489 e. The first-order valence-corrected chi connectivity index (χ1v) is 7.07. The molecule has 0 radical (unpaired) electrons. The van der Waals surface area contributed by atoms with Crippen LogP contribution in [0.3, 0.4) is 0 Å². The average Bonchev–Trinajstić information content (AvgIpc) is 2.52. The van der Waals surface area contributed by atoms with Gasteiger partial charge >= 0.3 is 0 Å². The maximum atomic E-state index is 13.5. The summed E-state index contributed by atoms with van der Waals surface area (Å²) in [4.78, 5) is 0. The third-order valence-electron chi connectivity index (χ3n) is 3.26. The normalized spacial score (nSPS) is 12.1. The van der Waals surface area contributed by atoms with Crippen molar-refractivity contribution in [3.63, 3.8) is 0 Å². The van der Waals surface area contributed by atoms with Gasteiger partial charge in [0.05, 0.1) is 0 Å². The van der Waals surface area contributed by atoms with Crippen LogP contribution in [0.2, 0.25) is 0 Å². The molecule has 112 valence electrons. The van der Waals surface area contributed by atoms with E-state index in [4.69, 9.17) is 10.5 Å². The molecule has 4 heteroatoms. The smallest absolute Gasteiger partial charge is 0.129 e. The van der Waals surface area contributed by atoms with Crippen molar-refractivity contribution in [3.05, 3.63) is 65.5 Å². The minimum absolute atomic E-state index is 0.225. The fourth-order valence-corrected chi connectivity index (χ4v) is 1.90. The van der Waals surface area contributed by atoms with Crippen molar-refractivity contribution in [1.29, 1.82) is 0 Å². The van der Waals surface area contributed by atoms with E-state index >= 15 is 0 Å². The van der Waals surface area contributed by atoms with Crippen LogP contribution in [-0.2, 0) is 13.2 Å². The molecule has 0 amide bonds. The van der Waals surface area contributed by atoms with Gasteiger partial charge in [0, 0.05) is 24.7 Å². The van der Waals surface area contributed by atoms with Gasteiger partial charge in [-0.1, -0.05) is 30.3 Å². The third-order valence-corrected chi connectivity index (χ3v) is 3.26. The first-order valence-electron chi connectivity index (χ1n) is 7.07. The Morgan fingerprint density at radius 1 is 1.19 bits per heavy atom. The highest BCUT2D eigenvalue weighted by atomic mass is 19.1. The molecule has 0 saturated carbocycles. The Hall–Kier alpha value is -1.91. The lowest BCUT2D eigenvalue weighted by Crippen LogP contribution is -2.32. The molecular weight excluding hydrogens is 267 g/mol. The SMILES string of the molecule is CC(CN)NCc1cccc(OCc2ccccc2F)c1. The molecule has 1 unspecified atom stereocenters. The average molecular weight is 288 g/mol. The van der Waals surface area contributed by atoms with Crippen molar-refractivity contribution < 1.29 is 9.13 Å². The zero-order chi connectivity index (χ0) is 15.1. The number of rotatable bonds is 7. The summed E-state index contributed by atoms with van der Waals surface area (Å²) in [7, 11) is 0. The van der Waals surface area contributed by atoms with Gasteiger partial charge in [0.15, 0.2) is 0 Å². The number of ether oxygens (including phenoxy) is 1. The molecule has 3 nitrogen and oxygen atoms in total. The van der Waals surface area contributed by atoms with Gasteiger partial charge in [-0.15, -0.1) is 0 Å². The lowest BCUT2D eigenvalue weighted by atomic mass is 10.2. The van der Waals surface area contributed by atoms with Crippen molar-refractivity contribution in [3.8, 4) is 5.75 Å². The maximum Gasteiger partial charge on any atom is 0.129 e. The molecule has 2 rings (SSSR count). The summed E-state index contributed by atoms with van der Waals surface area (Å²) in [5.74, 6) is 0.491. The fraction of sp³-hybridized carbons (Fsp3) is 0.294. The Morgan fingerprint density at radius 2 is 2.00 bits per heavy atom. The van der Waals surface area contributed by atoms with Crippen LogP contribution in [0, 0.1) is 5.82 Å². The van der Waals surface area contributed by atoms with Crippen LogP contribution in [0.25, 0.3) is 0 Å². The van der Waals surface area contributed by atoms with Gasteiger partial charge in [0.25, 0.3) is 0 Å². The molecule has 0 aliphatic carbocycles. The van der Waals surface area contributed by atoms with E-state index in [-0.39, 0.29) is 18.5 Å². The molecule has 1 atom stereocenters. The van der Waals surface area contributed by atoms with Crippen LogP contribution in [0.1, 0.15) is 18.1 Å². The van der Waals surface area contributed by atoms with Gasteiger partial charge in [0.2, 0.25) is 0 Å². The molecule has 0 aliphatic rings. The van der Waals surface area contributed by atoms with Crippen LogP contribution in [0.4, 0.5) is 4.39 Å². The summed E-state index contributed by atoms with van der Waals surface area (Å²) in [6, 6.07) is 14.7. The number of nitrogens with two attached hydrogens (primary N) is 1. The Labute approximate surface area is 124 Å². The van der Waals surface area contributed by atoms with E-state index in [0.29, 0.717) is 12.1 Å². The highest BCUT2D eigenvalue weighted by Crippen LogP contribution is 2.16. The molecule has 21 heavy (non-hydrogen) atoms. The Morgan fingerprint density at radius 3 is 2.76 bits per heavy atom. The molecule has 3 N–H and O–H groups in total. The Balaban J connectivity index is 1.93. The Kier molecular flexibility index (Phi) is 5.72. The first-order chi connectivity index (χ1) is 10.2. The predicted octanol–water partition coefficient (Wildman–Crippen LogP) is 2.84. The van der Waals surface area contributed by atoms with Crippen molar-refractivity contribution in [1.82, 2.24) is 5.32 Å². The summed E-state index contributed by atoms with van der Waals surface area (Å²) in [6.07, 6.45) is 0. The molecule has 0 aliphatic heterocycles. The highest BCUT2D eigenvalue weighted by molar-refractivity contribution is 5.29. The van der Waals surface area contributed by atoms with E-state index in [9.17, 15) is 4.39 Å². The van der Waals surface area contributed by atoms with Gasteiger partial charge in [0.1, 0.15) is 18.2 Å². The lowest BCUT2D eigenvalue weighted by Gasteiger charge is -2.12. The van der Waals surface area contributed by atoms with Crippen molar-refractivity contribution in [2.75, 3.05) is 6.54 Å². The van der Waals surface area contributed by atoms with E-state index < -0.39 is 0 Å². The second-order valence-corrected chi connectivity index (χ2v) is 5.05. The molecule has 0 aromatic heterocycles. The van der Waals surface area contributed by atoms with Gasteiger partial charge in [-0.3, -0.25) is 0 Å². The van der Waals surface area contributed by atoms with Gasteiger partial charge < -0.3 is 15.8 Å². The zero-order valence-corrected chi connectivity index (χ0v) is 12.2. The monoisotopic (exact) mass is 288 g/mol. The maximum absolute atomic E-state index is 13.5. The summed E-state index contributed by atoms with van der Waals surface area (Å²) >= 11 is 0. The first kappa shape index (κ1) is 15.5. The molecule has 0 fully saturated rings. The molecule has 0 spiro atoms. The number of hydrogen-bond acceptors (Lipinski definition) is 3. The quantitative estimate of drug-likeness (QED) is 0.823. The van der Waals surface area contributed by atoms with Crippen molar-refractivity contribution >= 4 is 0 Å². The zero-order valence-electron chi connectivity index (χ0n) is 12.2. The van der Waals surface area contributed by atoms with Crippen LogP contribution < -0.4 is 15.8 Å². The number of nitrogens with one attached hydrogen (secondary N) is 1. The molecular formula is C17H21FN2O. The predicted molar refractivity (Wildman–Crippen MR) is 82.5 cm³/mol. The molecule has 0 saturated heterocycles. The summed E-state index contributed by atoms with van der Waals surface area (Å²) in [5, 5.41) is 3.32. The number of hydrogen-bond donors (Lipinski definition) is 2. The van der Waals surface area contributed by atoms with E-state index in [2.05, 4.69) is 5.32 Å². The van der Waals surface area contributed by atoms with E-state index in [1.165, 1.54) is 6.07 Å². The van der Waals surface area contributed by atoms with Gasteiger partial charge in [-0.25, -0.2) is 4.39 Å². The highest BCUT2D eigenvalue weighted by Gasteiger charge is 2.03. The topological polar surface area (TPSA) is 47.3 Å². The lowest BCUT2D eigenvalue weighted by molar-refractivity contribution is 0.299. The third kappa shape index (κ3) is 4.85. The summed E-state index contributed by atoms with van der Waals surface area (Å²) in [5.41, 5.74) is 7.24. The molecule has 2 aromatic rings. The Bertz CT molecular complexity index is 574. The number of benzene rings is 2. The number of halogens is 1. The van der Waals surface area contributed by atoms with Crippen LogP contribution in [0.5, 0.6) is 5.75 Å². The van der Waals surface area contributed by atoms with Crippen molar-refractivity contribution in [2.24, 2.45) is 5.73 Å². The second kappa shape index (κ2) is 7.76. The van der Waals surface area contributed by atoms with E-state index in [1.54, 1.807) is 18.2 Å². The minimum atomic E-state index is -0.243. The fourth-order valence-electron chi connectivity index (χ4n) is 1.90. The van der Waals surface area contributed by atoms with Gasteiger partial charge in [-0.05, 0) is 30.7 Å². The molecule has 0 bridgehead atoms. The van der Waals surface area contributed by atoms with E-state index in [0.717, 1.165) is 17.9 Å². The summed E-state index contributed by atoms with van der Waals surface area (Å²) in [6.45, 7) is 3.60. The van der Waals surface area contributed by atoms with Crippen LogP contribution >= 0.6 is 0 Å². The largest absolute Gasteiger partial charge is 0.489 e. The van der Waals surface area contributed by atoms with E-state index in [1.807, 2.05) is 31.2 Å². The van der Waals surface area contributed by atoms with Crippen LogP contribution in [0.15, 0.2) is 48.5 Å². The van der Waals surface area contributed by atoms with Crippen LogP contribution in [-0.4, -0.2) is 12.6 Å². The van der Waals surface area contributed by atoms with Crippen molar-refractivity contribution in [2.45, 2.75) is 26.1 Å². The van der Waals surface area contributed by atoms with Gasteiger partial charge in [-0.2, -0.15) is 0 Å². The molecule has 2 aromatic carbocycles. The summed E-state index contributed by atoms with van der Waals surface area (Å²) < 4.78 is 19.2. The molecule has 0 heterocycles.